The zero-order chi connectivity index (χ0) is 13.4. The van der Waals surface area contributed by atoms with E-state index in [1.54, 1.807) is 0 Å². The van der Waals surface area contributed by atoms with Gasteiger partial charge in [0.15, 0.2) is 5.11 Å². The van der Waals surface area contributed by atoms with Gasteiger partial charge in [0.2, 0.25) is 0 Å². The van der Waals surface area contributed by atoms with Crippen molar-refractivity contribution in [3.05, 3.63) is 40.9 Å². The molecule has 0 fully saturated rings. The second kappa shape index (κ2) is 7.84. The van der Waals surface area contributed by atoms with Gasteiger partial charge in [-0.2, -0.15) is 5.10 Å². The third-order valence-electron chi connectivity index (χ3n) is 1.88. The zero-order valence-electron chi connectivity index (χ0n) is 10.4. The number of hydrazone groups is 1. The van der Waals surface area contributed by atoms with E-state index in [-0.39, 0.29) is 6.04 Å². The van der Waals surface area contributed by atoms with Crippen LogP contribution < -0.4 is 10.7 Å². The number of benzene rings is 1. The Morgan fingerprint density at radius 1 is 1.33 bits per heavy atom. The summed E-state index contributed by atoms with van der Waals surface area (Å²) in [5.41, 5.74) is 3.72. The van der Waals surface area contributed by atoms with Crippen LogP contribution in [0.4, 0.5) is 0 Å². The number of rotatable bonds is 4. The summed E-state index contributed by atoms with van der Waals surface area (Å²) in [6.07, 6.45) is 3.34. The quantitative estimate of drug-likeness (QED) is 0.506. The highest BCUT2D eigenvalue weighted by Gasteiger charge is 1.95. The number of hydrogen-bond acceptors (Lipinski definition) is 2. The molecule has 18 heavy (non-hydrogen) atoms. The van der Waals surface area contributed by atoms with Gasteiger partial charge in [0.05, 0.1) is 11.2 Å². The minimum absolute atomic E-state index is 0.274. The Kier molecular flexibility index (Phi) is 6.39. The molecule has 0 atom stereocenters. The van der Waals surface area contributed by atoms with Crippen LogP contribution in [0.3, 0.4) is 0 Å². The first-order chi connectivity index (χ1) is 8.58. The minimum Gasteiger partial charge on any atom is -0.359 e. The Balaban J connectivity index is 2.47. The maximum Gasteiger partial charge on any atom is 0.187 e. The number of thiocarbonyl (C=S) groups is 1. The predicted molar refractivity (Wildman–Crippen MR) is 82.8 cm³/mol. The van der Waals surface area contributed by atoms with Crippen LogP contribution in [0.1, 0.15) is 19.4 Å². The minimum atomic E-state index is 0.274. The Bertz CT molecular complexity index is 441. The van der Waals surface area contributed by atoms with Crippen molar-refractivity contribution in [3.8, 4) is 0 Å². The van der Waals surface area contributed by atoms with Crippen molar-refractivity contribution in [2.45, 2.75) is 19.9 Å². The Morgan fingerprint density at radius 2 is 2.00 bits per heavy atom. The van der Waals surface area contributed by atoms with Crippen LogP contribution in [0, 0.1) is 0 Å². The molecule has 0 radical (unpaired) electrons. The van der Waals surface area contributed by atoms with E-state index in [9.17, 15) is 0 Å². The highest BCUT2D eigenvalue weighted by Crippen LogP contribution is 2.07. The third-order valence-corrected chi connectivity index (χ3v) is 2.29. The van der Waals surface area contributed by atoms with Gasteiger partial charge in [0.1, 0.15) is 0 Å². The number of hydrogen-bond donors (Lipinski definition) is 2. The van der Waals surface area contributed by atoms with Crippen molar-refractivity contribution in [2.24, 2.45) is 5.10 Å². The van der Waals surface area contributed by atoms with Gasteiger partial charge in [-0.1, -0.05) is 41.9 Å². The van der Waals surface area contributed by atoms with E-state index in [0.717, 1.165) is 5.56 Å². The van der Waals surface area contributed by atoms with Crippen LogP contribution >= 0.6 is 23.8 Å². The summed E-state index contributed by atoms with van der Waals surface area (Å²) >= 11 is 11.0. The molecule has 0 aliphatic carbocycles. The van der Waals surface area contributed by atoms with Crippen LogP contribution in [-0.4, -0.2) is 17.4 Å². The Hall–Kier alpha value is -1.39. The van der Waals surface area contributed by atoms with E-state index in [1.165, 1.54) is 6.21 Å². The molecule has 0 bridgehead atoms. The molecule has 0 aliphatic heterocycles. The summed E-state index contributed by atoms with van der Waals surface area (Å²) in [7, 11) is 0. The molecule has 0 spiro atoms. The fourth-order valence-corrected chi connectivity index (χ4v) is 1.66. The Labute approximate surface area is 118 Å². The molecule has 1 aromatic rings. The highest BCUT2D eigenvalue weighted by atomic mass is 35.5. The molecular weight excluding hydrogens is 266 g/mol. The van der Waals surface area contributed by atoms with Gasteiger partial charge in [0.25, 0.3) is 0 Å². The van der Waals surface area contributed by atoms with E-state index in [2.05, 4.69) is 15.8 Å². The first-order valence-corrected chi connectivity index (χ1v) is 6.38. The second-order valence-electron chi connectivity index (χ2n) is 3.94. The van der Waals surface area contributed by atoms with Crippen LogP contribution in [0.15, 0.2) is 40.5 Å². The number of halogens is 1. The average Bonchev–Trinajstić information content (AvgIpc) is 2.29. The van der Waals surface area contributed by atoms with Crippen molar-refractivity contribution in [2.75, 3.05) is 0 Å². The summed E-state index contributed by atoms with van der Waals surface area (Å²) in [6, 6.07) is 10.1. The lowest BCUT2D eigenvalue weighted by atomic mass is 10.2. The lowest BCUT2D eigenvalue weighted by Crippen LogP contribution is -2.36. The summed E-state index contributed by atoms with van der Waals surface area (Å²) in [5, 5.41) is 7.96. The van der Waals surface area contributed by atoms with Crippen LogP contribution in [0.25, 0.3) is 6.08 Å². The molecule has 1 aromatic carbocycles. The van der Waals surface area contributed by atoms with E-state index in [1.807, 2.05) is 50.3 Å². The van der Waals surface area contributed by atoms with Gasteiger partial charge < -0.3 is 5.32 Å². The number of nitrogens with one attached hydrogen (secondary N) is 2. The molecule has 0 aliphatic rings. The molecule has 96 valence electrons. The lowest BCUT2D eigenvalue weighted by molar-refractivity contribution is 0.720. The van der Waals surface area contributed by atoms with Crippen molar-refractivity contribution in [1.29, 1.82) is 0 Å². The number of nitrogens with zero attached hydrogens (tertiary/aromatic N) is 1. The number of allylic oxidation sites excluding steroid dienone is 1. The first kappa shape index (κ1) is 14.7. The fraction of sp³-hybridized carbons (Fsp3) is 0.231. The summed E-state index contributed by atoms with van der Waals surface area (Å²) in [6.45, 7) is 4.00. The molecule has 5 heteroatoms. The van der Waals surface area contributed by atoms with E-state index in [0.29, 0.717) is 10.1 Å². The Morgan fingerprint density at radius 3 is 2.61 bits per heavy atom. The van der Waals surface area contributed by atoms with Crippen molar-refractivity contribution >= 4 is 41.2 Å². The van der Waals surface area contributed by atoms with E-state index >= 15 is 0 Å². The highest BCUT2D eigenvalue weighted by molar-refractivity contribution is 7.80. The van der Waals surface area contributed by atoms with Crippen molar-refractivity contribution in [1.82, 2.24) is 10.7 Å². The normalized spacial score (nSPS) is 11.9. The largest absolute Gasteiger partial charge is 0.359 e. The maximum absolute atomic E-state index is 6.01. The molecular formula is C13H16ClN3S. The molecule has 0 saturated carbocycles. The fourth-order valence-electron chi connectivity index (χ4n) is 1.19. The molecule has 2 N–H and O–H groups in total. The monoisotopic (exact) mass is 281 g/mol. The van der Waals surface area contributed by atoms with Gasteiger partial charge in [-0.15, -0.1) is 0 Å². The van der Waals surface area contributed by atoms with Gasteiger partial charge >= 0.3 is 0 Å². The SMILES string of the molecule is CC(C)NC(=S)NN=CC(Cl)=Cc1ccccc1. The predicted octanol–water partition coefficient (Wildman–Crippen LogP) is 3.12. The van der Waals surface area contributed by atoms with Gasteiger partial charge in [-0.25, -0.2) is 0 Å². The molecule has 0 unspecified atom stereocenters. The summed E-state index contributed by atoms with van der Waals surface area (Å²) < 4.78 is 0. The first-order valence-electron chi connectivity index (χ1n) is 5.59. The average molecular weight is 282 g/mol. The van der Waals surface area contributed by atoms with Gasteiger partial charge in [-0.3, -0.25) is 5.43 Å². The van der Waals surface area contributed by atoms with Crippen molar-refractivity contribution < 1.29 is 0 Å². The lowest BCUT2D eigenvalue weighted by Gasteiger charge is -2.09. The van der Waals surface area contributed by atoms with Gasteiger partial charge in [0, 0.05) is 6.04 Å². The summed E-state index contributed by atoms with van der Waals surface area (Å²) in [5.74, 6) is 0. The maximum atomic E-state index is 6.01. The summed E-state index contributed by atoms with van der Waals surface area (Å²) in [4.78, 5) is 0. The van der Waals surface area contributed by atoms with Crippen LogP contribution in [0.5, 0.6) is 0 Å². The molecule has 3 nitrogen and oxygen atoms in total. The topological polar surface area (TPSA) is 36.4 Å². The molecule has 0 amide bonds. The molecule has 0 aromatic heterocycles. The van der Waals surface area contributed by atoms with Crippen LogP contribution in [-0.2, 0) is 0 Å². The van der Waals surface area contributed by atoms with E-state index in [4.69, 9.17) is 23.8 Å². The smallest absolute Gasteiger partial charge is 0.187 e. The van der Waals surface area contributed by atoms with E-state index < -0.39 is 0 Å². The van der Waals surface area contributed by atoms with Gasteiger partial charge in [-0.05, 0) is 37.7 Å². The third kappa shape index (κ3) is 6.37. The molecule has 0 heterocycles. The standard InChI is InChI=1S/C13H16ClN3S/c1-10(2)16-13(18)17-15-9-12(14)8-11-6-4-3-5-7-11/h3-10H,1-2H3,(H2,16,17,18). The van der Waals surface area contributed by atoms with Crippen LogP contribution in [0.2, 0.25) is 0 Å². The second-order valence-corrected chi connectivity index (χ2v) is 4.78. The molecule has 0 saturated heterocycles. The van der Waals surface area contributed by atoms with Crippen molar-refractivity contribution in [3.63, 3.8) is 0 Å². The molecule has 1 rings (SSSR count). The zero-order valence-corrected chi connectivity index (χ0v) is 11.9.